The second kappa shape index (κ2) is 5.98. The predicted octanol–water partition coefficient (Wildman–Crippen LogP) is 2.18. The van der Waals surface area contributed by atoms with Crippen molar-refractivity contribution in [2.75, 3.05) is 0 Å². The number of aldehydes is 1. The Hall–Kier alpha value is -1.39. The van der Waals surface area contributed by atoms with E-state index in [1.807, 2.05) is 20.8 Å². The van der Waals surface area contributed by atoms with Crippen LogP contribution in [0, 0.1) is 5.41 Å². The Balaban J connectivity index is 0.00000289. The minimum Gasteiger partial charge on any atom is -0.507 e. The molecule has 18 heavy (non-hydrogen) atoms. The van der Waals surface area contributed by atoms with E-state index in [9.17, 15) is 14.7 Å². The summed E-state index contributed by atoms with van der Waals surface area (Å²) in [6.45, 7) is 5.61. The number of hydrogen-bond donors (Lipinski definition) is 2. The molecule has 0 aromatic heterocycles. The monoisotopic (exact) mass is 271 g/mol. The standard InChI is InChI=1S/C13H17NO3.ClH/c1-13(2,3)12(14)11(17)8-4-5-10(16)9(6-8)7-15;/h4-7,12,16H,14H2,1-3H3;1H. The first-order valence-corrected chi connectivity index (χ1v) is 5.35. The van der Waals surface area contributed by atoms with Crippen LogP contribution >= 0.6 is 12.4 Å². The molecule has 0 saturated heterocycles. The van der Waals surface area contributed by atoms with Crippen LogP contribution < -0.4 is 5.73 Å². The van der Waals surface area contributed by atoms with Crippen molar-refractivity contribution in [3.63, 3.8) is 0 Å². The number of nitrogens with two attached hydrogens (primary N) is 1. The van der Waals surface area contributed by atoms with E-state index in [0.29, 0.717) is 11.8 Å². The quantitative estimate of drug-likeness (QED) is 0.652. The highest BCUT2D eigenvalue weighted by Gasteiger charge is 2.28. The molecule has 100 valence electrons. The Morgan fingerprint density at radius 2 is 1.94 bits per heavy atom. The first kappa shape index (κ1) is 16.6. The third-order valence-electron chi connectivity index (χ3n) is 2.65. The molecular weight excluding hydrogens is 254 g/mol. The van der Waals surface area contributed by atoms with Gasteiger partial charge < -0.3 is 10.8 Å². The molecule has 0 radical (unpaired) electrons. The highest BCUT2D eigenvalue weighted by molar-refractivity contribution is 6.01. The van der Waals surface area contributed by atoms with Crippen LogP contribution in [0.1, 0.15) is 41.5 Å². The fraction of sp³-hybridized carbons (Fsp3) is 0.385. The summed E-state index contributed by atoms with van der Waals surface area (Å²) >= 11 is 0. The van der Waals surface area contributed by atoms with Crippen LogP contribution in [0.3, 0.4) is 0 Å². The largest absolute Gasteiger partial charge is 0.507 e. The molecule has 0 spiro atoms. The summed E-state index contributed by atoms with van der Waals surface area (Å²) in [4.78, 5) is 22.7. The molecule has 4 nitrogen and oxygen atoms in total. The average molecular weight is 272 g/mol. The van der Waals surface area contributed by atoms with Crippen molar-refractivity contribution in [3.05, 3.63) is 29.3 Å². The van der Waals surface area contributed by atoms with Crippen molar-refractivity contribution in [1.29, 1.82) is 0 Å². The van der Waals surface area contributed by atoms with E-state index in [-0.39, 0.29) is 34.9 Å². The van der Waals surface area contributed by atoms with Crippen LogP contribution in [-0.4, -0.2) is 23.2 Å². The molecule has 0 aliphatic rings. The van der Waals surface area contributed by atoms with Gasteiger partial charge in [-0.15, -0.1) is 12.4 Å². The van der Waals surface area contributed by atoms with Gasteiger partial charge in [0.15, 0.2) is 12.1 Å². The zero-order valence-corrected chi connectivity index (χ0v) is 11.5. The topological polar surface area (TPSA) is 80.4 Å². The number of aromatic hydroxyl groups is 1. The maximum absolute atomic E-state index is 12.0. The number of Topliss-reactive ketones (excluding diaryl/α,β-unsaturated/α-hetero) is 1. The molecule has 1 rings (SSSR count). The highest BCUT2D eigenvalue weighted by Crippen LogP contribution is 2.23. The fourth-order valence-corrected chi connectivity index (χ4v) is 1.38. The van der Waals surface area contributed by atoms with Gasteiger partial charge in [-0.05, 0) is 23.6 Å². The Morgan fingerprint density at radius 3 is 2.39 bits per heavy atom. The van der Waals surface area contributed by atoms with Gasteiger partial charge in [0.1, 0.15) is 5.75 Å². The van der Waals surface area contributed by atoms with Crippen molar-refractivity contribution < 1.29 is 14.7 Å². The maximum Gasteiger partial charge on any atom is 0.180 e. The number of hydrogen-bond acceptors (Lipinski definition) is 4. The first-order chi connectivity index (χ1) is 7.77. The van der Waals surface area contributed by atoms with Gasteiger partial charge >= 0.3 is 0 Å². The zero-order valence-electron chi connectivity index (χ0n) is 10.6. The van der Waals surface area contributed by atoms with Crippen LogP contribution in [0.5, 0.6) is 5.75 Å². The number of ketones is 1. The second-order valence-electron chi connectivity index (χ2n) is 5.10. The molecule has 1 aromatic carbocycles. The molecule has 1 atom stereocenters. The summed E-state index contributed by atoms with van der Waals surface area (Å²) in [6.07, 6.45) is 0.509. The lowest BCUT2D eigenvalue weighted by molar-refractivity contribution is 0.0901. The number of benzene rings is 1. The van der Waals surface area contributed by atoms with E-state index >= 15 is 0 Å². The molecular formula is C13H18ClNO3. The smallest absolute Gasteiger partial charge is 0.180 e. The van der Waals surface area contributed by atoms with Crippen LogP contribution in [0.4, 0.5) is 0 Å². The number of rotatable bonds is 3. The Kier molecular flexibility index (Phi) is 5.52. The number of carbonyl (C=O) groups excluding carboxylic acids is 2. The minimum atomic E-state index is -0.647. The molecule has 0 amide bonds. The van der Waals surface area contributed by atoms with Gasteiger partial charge in [0, 0.05) is 5.56 Å². The van der Waals surface area contributed by atoms with Crippen molar-refractivity contribution >= 4 is 24.5 Å². The van der Waals surface area contributed by atoms with Crippen molar-refractivity contribution in [1.82, 2.24) is 0 Å². The van der Waals surface area contributed by atoms with Crippen LogP contribution in [0.2, 0.25) is 0 Å². The van der Waals surface area contributed by atoms with Crippen LogP contribution in [0.25, 0.3) is 0 Å². The van der Waals surface area contributed by atoms with Gasteiger partial charge in [0.25, 0.3) is 0 Å². The average Bonchev–Trinajstić information content (AvgIpc) is 2.26. The molecule has 1 unspecified atom stereocenters. The van der Waals surface area contributed by atoms with Crippen molar-refractivity contribution in [3.8, 4) is 5.75 Å². The summed E-state index contributed by atoms with van der Waals surface area (Å²) < 4.78 is 0. The lowest BCUT2D eigenvalue weighted by Crippen LogP contribution is -2.42. The predicted molar refractivity (Wildman–Crippen MR) is 72.5 cm³/mol. The van der Waals surface area contributed by atoms with E-state index < -0.39 is 6.04 Å². The van der Waals surface area contributed by atoms with E-state index in [1.54, 1.807) is 0 Å². The van der Waals surface area contributed by atoms with Crippen molar-refractivity contribution in [2.45, 2.75) is 26.8 Å². The maximum atomic E-state index is 12.0. The summed E-state index contributed by atoms with van der Waals surface area (Å²) in [5.41, 5.74) is 5.94. The van der Waals surface area contributed by atoms with Gasteiger partial charge in [-0.3, -0.25) is 9.59 Å². The van der Waals surface area contributed by atoms with Crippen molar-refractivity contribution in [2.24, 2.45) is 11.1 Å². The molecule has 5 heteroatoms. The van der Waals surface area contributed by atoms with Gasteiger partial charge in [-0.25, -0.2) is 0 Å². The third kappa shape index (κ3) is 3.55. The van der Waals surface area contributed by atoms with Gasteiger partial charge in [0.2, 0.25) is 0 Å². The normalized spacial score (nSPS) is 12.4. The number of carbonyl (C=O) groups is 2. The van der Waals surface area contributed by atoms with Gasteiger partial charge in [0.05, 0.1) is 11.6 Å². The van der Waals surface area contributed by atoms with Crippen LogP contribution in [0.15, 0.2) is 18.2 Å². The molecule has 0 aliphatic heterocycles. The molecule has 0 saturated carbocycles. The molecule has 3 N–H and O–H groups in total. The molecule has 0 fully saturated rings. The van der Waals surface area contributed by atoms with Gasteiger partial charge in [-0.2, -0.15) is 0 Å². The molecule has 0 heterocycles. The summed E-state index contributed by atoms with van der Waals surface area (Å²) in [5.74, 6) is -0.374. The van der Waals surface area contributed by atoms with E-state index in [4.69, 9.17) is 5.73 Å². The number of phenolic OH excluding ortho intramolecular Hbond substituents is 1. The fourth-order valence-electron chi connectivity index (χ4n) is 1.38. The summed E-state index contributed by atoms with van der Waals surface area (Å²) in [5, 5.41) is 9.34. The second-order valence-corrected chi connectivity index (χ2v) is 5.10. The highest BCUT2D eigenvalue weighted by atomic mass is 35.5. The van der Waals surface area contributed by atoms with E-state index in [2.05, 4.69) is 0 Å². The minimum absolute atomic E-state index is 0. The van der Waals surface area contributed by atoms with Crippen LogP contribution in [-0.2, 0) is 0 Å². The molecule has 1 aromatic rings. The SMILES string of the molecule is CC(C)(C)C(N)C(=O)c1ccc(O)c(C=O)c1.Cl. The third-order valence-corrected chi connectivity index (χ3v) is 2.65. The molecule has 0 aliphatic carbocycles. The Morgan fingerprint density at radius 1 is 1.39 bits per heavy atom. The summed E-state index contributed by atoms with van der Waals surface area (Å²) in [7, 11) is 0. The number of phenols is 1. The zero-order chi connectivity index (χ0) is 13.2. The van der Waals surface area contributed by atoms with E-state index in [1.165, 1.54) is 18.2 Å². The lowest BCUT2D eigenvalue weighted by Gasteiger charge is -2.25. The number of halogens is 1. The lowest BCUT2D eigenvalue weighted by atomic mass is 9.82. The Labute approximate surface area is 113 Å². The summed E-state index contributed by atoms with van der Waals surface area (Å²) in [6, 6.07) is 3.50. The Bertz CT molecular complexity index is 452. The van der Waals surface area contributed by atoms with Gasteiger partial charge in [-0.1, -0.05) is 20.8 Å². The molecule has 0 bridgehead atoms. The first-order valence-electron chi connectivity index (χ1n) is 5.35. The van der Waals surface area contributed by atoms with E-state index in [0.717, 1.165) is 0 Å².